The number of hydrogen-bond donors (Lipinski definition) is 1. The normalized spacial score (nSPS) is 12.1. The van der Waals surface area contributed by atoms with Gasteiger partial charge in [0, 0.05) is 5.69 Å². The summed E-state index contributed by atoms with van der Waals surface area (Å²) in [6.07, 6.45) is -9.68. The fraction of sp³-hybridized carbons (Fsp3) is 0.250. The summed E-state index contributed by atoms with van der Waals surface area (Å²) in [6.45, 7) is 0. The van der Waals surface area contributed by atoms with Crippen LogP contribution in [0.25, 0.3) is 0 Å². The van der Waals surface area contributed by atoms with Crippen LogP contribution in [0.5, 0.6) is 0 Å². The van der Waals surface area contributed by atoms with E-state index in [2.05, 4.69) is 0 Å². The van der Waals surface area contributed by atoms with Crippen molar-refractivity contribution in [1.82, 2.24) is 0 Å². The van der Waals surface area contributed by atoms with E-state index in [1.165, 1.54) is 0 Å². The van der Waals surface area contributed by atoms with Gasteiger partial charge in [-0.25, -0.2) is 0 Å². The minimum atomic E-state index is -4.84. The lowest BCUT2D eigenvalue weighted by Crippen LogP contribution is -2.11. The van der Waals surface area contributed by atoms with E-state index >= 15 is 0 Å². The molecule has 1 nitrogen and oxygen atoms in total. The lowest BCUT2D eigenvalue weighted by Gasteiger charge is -2.12. The first-order valence-corrected chi connectivity index (χ1v) is 3.65. The predicted molar refractivity (Wildman–Crippen MR) is 56.3 cm³/mol. The molecule has 0 saturated carbocycles. The summed E-state index contributed by atoms with van der Waals surface area (Å²) >= 11 is 0. The van der Waals surface area contributed by atoms with Crippen molar-refractivity contribution in [2.45, 2.75) is 12.4 Å². The number of alkyl halides is 6. The van der Waals surface area contributed by atoms with Crippen LogP contribution in [0.2, 0.25) is 0 Å². The summed E-state index contributed by atoms with van der Waals surface area (Å²) in [5, 5.41) is 0. The molecule has 0 aliphatic carbocycles. The molecule has 0 amide bonds. The third kappa shape index (κ3) is 3.72. The van der Waals surface area contributed by atoms with Gasteiger partial charge in [-0.15, -0.1) is 24.0 Å². The Morgan fingerprint density at radius 2 is 1.06 bits per heavy atom. The Balaban J connectivity index is 0.00000225. The highest BCUT2D eigenvalue weighted by atomic mass is 127. The van der Waals surface area contributed by atoms with Gasteiger partial charge in [-0.3, -0.25) is 0 Å². The van der Waals surface area contributed by atoms with Gasteiger partial charge >= 0.3 is 12.4 Å². The summed E-state index contributed by atoms with van der Waals surface area (Å²) in [7, 11) is 0. The molecule has 0 unspecified atom stereocenters. The molecule has 0 heterocycles. The number of nitrogen functional groups attached to an aromatic ring is 1. The highest BCUT2D eigenvalue weighted by Gasteiger charge is 2.36. The Morgan fingerprint density at radius 1 is 0.750 bits per heavy atom. The van der Waals surface area contributed by atoms with Crippen molar-refractivity contribution in [3.8, 4) is 0 Å². The summed E-state index contributed by atoms with van der Waals surface area (Å²) in [6, 6.07) is 0.931. The minimum Gasteiger partial charge on any atom is -0.399 e. The number of nitrogens with two attached hydrogens (primary N) is 1. The molecule has 0 bridgehead atoms. The first kappa shape index (κ1) is 15.3. The third-order valence-electron chi connectivity index (χ3n) is 1.61. The minimum absolute atomic E-state index is 0. The molecule has 16 heavy (non-hydrogen) atoms. The molecule has 1 aromatic carbocycles. The second kappa shape index (κ2) is 4.68. The first-order chi connectivity index (χ1) is 6.60. The summed E-state index contributed by atoms with van der Waals surface area (Å²) in [4.78, 5) is 0. The molecule has 0 saturated heterocycles. The average Bonchev–Trinajstić information content (AvgIpc) is 1.99. The highest BCUT2D eigenvalue weighted by molar-refractivity contribution is 14.0. The molecule has 2 N–H and O–H groups in total. The molecular formula is C8H6F6IN. The molecule has 1 aromatic rings. The van der Waals surface area contributed by atoms with Crippen LogP contribution in [0.4, 0.5) is 32.0 Å². The topological polar surface area (TPSA) is 26.0 Å². The maximum atomic E-state index is 12.1. The molecule has 0 aromatic heterocycles. The maximum absolute atomic E-state index is 12.1. The SMILES string of the molecule is I.Nc1cc(C(F)(F)F)cc(C(F)(F)F)c1. The maximum Gasteiger partial charge on any atom is 0.416 e. The molecule has 0 aliphatic rings. The van der Waals surface area contributed by atoms with Gasteiger partial charge < -0.3 is 5.73 Å². The average molecular weight is 357 g/mol. The summed E-state index contributed by atoms with van der Waals surface area (Å²) in [5.74, 6) is 0. The van der Waals surface area contributed by atoms with Crippen molar-refractivity contribution in [3.05, 3.63) is 29.3 Å². The molecular weight excluding hydrogens is 351 g/mol. The smallest absolute Gasteiger partial charge is 0.399 e. The molecule has 0 spiro atoms. The van der Waals surface area contributed by atoms with Crippen LogP contribution in [-0.4, -0.2) is 0 Å². The van der Waals surface area contributed by atoms with Gasteiger partial charge in [0.25, 0.3) is 0 Å². The van der Waals surface area contributed by atoms with Crippen molar-refractivity contribution in [2.24, 2.45) is 0 Å². The predicted octanol–water partition coefficient (Wildman–Crippen LogP) is 3.92. The third-order valence-corrected chi connectivity index (χ3v) is 1.61. The van der Waals surface area contributed by atoms with Crippen LogP contribution in [0, 0.1) is 0 Å². The highest BCUT2D eigenvalue weighted by Crippen LogP contribution is 2.36. The van der Waals surface area contributed by atoms with Crippen LogP contribution in [0.15, 0.2) is 18.2 Å². The molecule has 0 atom stereocenters. The zero-order valence-corrected chi connectivity index (χ0v) is 9.82. The quantitative estimate of drug-likeness (QED) is 0.425. The van der Waals surface area contributed by atoms with E-state index in [1.54, 1.807) is 0 Å². The van der Waals surface area contributed by atoms with Gasteiger partial charge in [-0.2, -0.15) is 26.3 Å². The van der Waals surface area contributed by atoms with Crippen LogP contribution < -0.4 is 5.73 Å². The fourth-order valence-electron chi connectivity index (χ4n) is 0.979. The Kier molecular flexibility index (Phi) is 4.48. The monoisotopic (exact) mass is 357 g/mol. The summed E-state index contributed by atoms with van der Waals surface area (Å²) in [5.41, 5.74) is 1.57. The second-order valence-corrected chi connectivity index (χ2v) is 2.84. The van der Waals surface area contributed by atoms with Crippen LogP contribution >= 0.6 is 24.0 Å². The molecule has 92 valence electrons. The van der Waals surface area contributed by atoms with Gasteiger partial charge in [0.2, 0.25) is 0 Å². The molecule has 0 radical (unpaired) electrons. The van der Waals surface area contributed by atoms with Crippen LogP contribution in [0.1, 0.15) is 11.1 Å². The second-order valence-electron chi connectivity index (χ2n) is 2.84. The van der Waals surface area contributed by atoms with Gasteiger partial charge in [-0.05, 0) is 18.2 Å². The standard InChI is InChI=1S/C8H5F6N.HI/c9-7(10,11)4-1-5(8(12,13)14)3-6(15)2-4;/h1-3H,15H2;1H. The number of halogens is 7. The molecule has 0 aliphatic heterocycles. The van der Waals surface area contributed by atoms with Gasteiger partial charge in [0.05, 0.1) is 11.1 Å². The van der Waals surface area contributed by atoms with E-state index in [1.807, 2.05) is 0 Å². The van der Waals surface area contributed by atoms with Crippen molar-refractivity contribution >= 4 is 29.7 Å². The van der Waals surface area contributed by atoms with Crippen molar-refractivity contribution < 1.29 is 26.3 Å². The Morgan fingerprint density at radius 3 is 1.31 bits per heavy atom. The Bertz CT molecular complexity index is 338. The molecule has 1 rings (SSSR count). The Labute approximate surface area is 104 Å². The van der Waals surface area contributed by atoms with E-state index < -0.39 is 29.2 Å². The Hall–Kier alpha value is -0.670. The van der Waals surface area contributed by atoms with E-state index in [0.29, 0.717) is 12.1 Å². The van der Waals surface area contributed by atoms with E-state index in [4.69, 9.17) is 5.73 Å². The van der Waals surface area contributed by atoms with E-state index in [-0.39, 0.29) is 30.0 Å². The van der Waals surface area contributed by atoms with Gasteiger partial charge in [-0.1, -0.05) is 0 Å². The zero-order valence-electron chi connectivity index (χ0n) is 7.49. The van der Waals surface area contributed by atoms with Gasteiger partial charge in [0.15, 0.2) is 0 Å². The summed E-state index contributed by atoms with van der Waals surface area (Å²) < 4.78 is 72.7. The number of benzene rings is 1. The lowest BCUT2D eigenvalue weighted by atomic mass is 10.1. The largest absolute Gasteiger partial charge is 0.416 e. The number of anilines is 1. The van der Waals surface area contributed by atoms with E-state index in [9.17, 15) is 26.3 Å². The van der Waals surface area contributed by atoms with Crippen molar-refractivity contribution in [1.29, 1.82) is 0 Å². The molecule has 0 fully saturated rings. The first-order valence-electron chi connectivity index (χ1n) is 3.65. The zero-order chi connectivity index (χ0) is 11.9. The van der Waals surface area contributed by atoms with Crippen molar-refractivity contribution in [2.75, 3.05) is 5.73 Å². The lowest BCUT2D eigenvalue weighted by molar-refractivity contribution is -0.143. The van der Waals surface area contributed by atoms with Gasteiger partial charge in [0.1, 0.15) is 0 Å². The van der Waals surface area contributed by atoms with Crippen LogP contribution in [-0.2, 0) is 12.4 Å². The fourth-order valence-corrected chi connectivity index (χ4v) is 0.979. The number of rotatable bonds is 0. The van der Waals surface area contributed by atoms with Crippen molar-refractivity contribution in [3.63, 3.8) is 0 Å². The molecule has 8 heteroatoms. The van der Waals surface area contributed by atoms with Crippen LogP contribution in [0.3, 0.4) is 0 Å². The van der Waals surface area contributed by atoms with E-state index in [0.717, 1.165) is 0 Å². The number of hydrogen-bond acceptors (Lipinski definition) is 1.